The maximum absolute atomic E-state index is 12.2. The average Bonchev–Trinajstić information content (AvgIpc) is 2.25. The summed E-state index contributed by atoms with van der Waals surface area (Å²) in [6.07, 6.45) is 0.621. The molecule has 0 aromatic rings. The van der Waals surface area contributed by atoms with Crippen LogP contribution in [-0.2, 0) is 14.3 Å². The molecule has 0 bridgehead atoms. The fraction of sp³-hybridized carbons (Fsp3) is 0.857. The molecule has 0 heterocycles. The van der Waals surface area contributed by atoms with Crippen molar-refractivity contribution in [3.05, 3.63) is 0 Å². The summed E-state index contributed by atoms with van der Waals surface area (Å²) in [5.74, 6) is 0.0794. The van der Waals surface area contributed by atoms with Crippen LogP contribution < -0.4 is 5.73 Å². The van der Waals surface area contributed by atoms with E-state index < -0.39 is 6.04 Å². The van der Waals surface area contributed by atoms with Gasteiger partial charge in [-0.3, -0.25) is 9.59 Å². The second-order valence-electron chi connectivity index (χ2n) is 5.65. The van der Waals surface area contributed by atoms with Crippen molar-refractivity contribution in [1.29, 1.82) is 0 Å². The van der Waals surface area contributed by atoms with Crippen LogP contribution in [0.4, 0.5) is 0 Å². The molecule has 112 valence electrons. The first-order chi connectivity index (χ1) is 8.77. The highest BCUT2D eigenvalue weighted by molar-refractivity contribution is 5.85. The molecule has 0 aliphatic carbocycles. The maximum atomic E-state index is 12.2. The van der Waals surface area contributed by atoms with E-state index in [1.807, 2.05) is 27.7 Å². The summed E-state index contributed by atoms with van der Waals surface area (Å²) in [6, 6.07) is -0.548. The number of ether oxygens (including phenoxy) is 1. The van der Waals surface area contributed by atoms with Gasteiger partial charge in [0.1, 0.15) is 6.54 Å². The summed E-state index contributed by atoms with van der Waals surface area (Å²) in [4.78, 5) is 25.3. The molecule has 0 fully saturated rings. The zero-order valence-electron chi connectivity index (χ0n) is 12.8. The third-order valence-electron chi connectivity index (χ3n) is 2.57. The number of amides is 1. The third kappa shape index (κ3) is 7.82. The number of carbonyl (C=O) groups is 2. The molecule has 1 unspecified atom stereocenters. The molecule has 0 spiro atoms. The lowest BCUT2D eigenvalue weighted by Crippen LogP contribution is -2.48. The van der Waals surface area contributed by atoms with Crippen molar-refractivity contribution in [2.75, 3.05) is 19.7 Å². The minimum Gasteiger partial charge on any atom is -0.465 e. The van der Waals surface area contributed by atoms with E-state index in [1.54, 1.807) is 6.92 Å². The number of esters is 1. The number of hydrogen-bond donors (Lipinski definition) is 1. The van der Waals surface area contributed by atoms with Gasteiger partial charge in [0, 0.05) is 6.54 Å². The van der Waals surface area contributed by atoms with E-state index in [4.69, 9.17) is 10.5 Å². The molecule has 0 rings (SSSR count). The van der Waals surface area contributed by atoms with Crippen LogP contribution in [0.5, 0.6) is 0 Å². The second kappa shape index (κ2) is 8.91. The van der Waals surface area contributed by atoms with Crippen molar-refractivity contribution in [3.8, 4) is 0 Å². The van der Waals surface area contributed by atoms with Gasteiger partial charge in [-0.25, -0.2) is 0 Å². The summed E-state index contributed by atoms with van der Waals surface area (Å²) in [6.45, 7) is 10.6. The Morgan fingerprint density at radius 2 is 1.74 bits per heavy atom. The molecule has 0 aromatic heterocycles. The van der Waals surface area contributed by atoms with E-state index in [9.17, 15) is 9.59 Å². The van der Waals surface area contributed by atoms with Gasteiger partial charge < -0.3 is 15.4 Å². The lowest BCUT2D eigenvalue weighted by atomic mass is 10.0. The minimum absolute atomic E-state index is 0.0172. The van der Waals surface area contributed by atoms with E-state index >= 15 is 0 Å². The van der Waals surface area contributed by atoms with Crippen LogP contribution in [0.25, 0.3) is 0 Å². The fourth-order valence-electron chi connectivity index (χ4n) is 1.88. The highest BCUT2D eigenvalue weighted by Crippen LogP contribution is 2.08. The predicted octanol–water partition coefficient (Wildman–Crippen LogP) is 1.41. The Hall–Kier alpha value is -1.10. The topological polar surface area (TPSA) is 72.6 Å². The molecule has 1 amide bonds. The number of nitrogens with zero attached hydrogens (tertiary/aromatic N) is 1. The quantitative estimate of drug-likeness (QED) is 0.678. The van der Waals surface area contributed by atoms with Crippen molar-refractivity contribution in [2.24, 2.45) is 17.6 Å². The summed E-state index contributed by atoms with van der Waals surface area (Å²) < 4.78 is 4.89. The van der Waals surface area contributed by atoms with Crippen LogP contribution in [-0.4, -0.2) is 42.5 Å². The van der Waals surface area contributed by atoms with E-state index in [0.717, 1.165) is 0 Å². The summed E-state index contributed by atoms with van der Waals surface area (Å²) in [5.41, 5.74) is 5.90. The highest BCUT2D eigenvalue weighted by atomic mass is 16.5. The van der Waals surface area contributed by atoms with Crippen LogP contribution in [0, 0.1) is 11.8 Å². The number of rotatable bonds is 8. The van der Waals surface area contributed by atoms with Gasteiger partial charge in [0.25, 0.3) is 0 Å². The second-order valence-corrected chi connectivity index (χ2v) is 5.65. The lowest BCUT2D eigenvalue weighted by molar-refractivity contribution is -0.149. The van der Waals surface area contributed by atoms with Crippen LogP contribution in [0.15, 0.2) is 0 Å². The zero-order valence-corrected chi connectivity index (χ0v) is 12.8. The van der Waals surface area contributed by atoms with Gasteiger partial charge in [0.15, 0.2) is 0 Å². The molecule has 0 radical (unpaired) electrons. The van der Waals surface area contributed by atoms with Gasteiger partial charge in [-0.05, 0) is 25.2 Å². The van der Waals surface area contributed by atoms with Gasteiger partial charge in [0.2, 0.25) is 5.91 Å². The van der Waals surface area contributed by atoms with Gasteiger partial charge in [-0.2, -0.15) is 0 Å². The molecule has 19 heavy (non-hydrogen) atoms. The van der Waals surface area contributed by atoms with Gasteiger partial charge in [-0.1, -0.05) is 27.7 Å². The third-order valence-corrected chi connectivity index (χ3v) is 2.57. The monoisotopic (exact) mass is 272 g/mol. The van der Waals surface area contributed by atoms with Crippen molar-refractivity contribution in [1.82, 2.24) is 4.90 Å². The van der Waals surface area contributed by atoms with Gasteiger partial charge in [0.05, 0.1) is 12.6 Å². The lowest BCUT2D eigenvalue weighted by Gasteiger charge is -2.27. The first-order valence-electron chi connectivity index (χ1n) is 6.97. The minimum atomic E-state index is -0.548. The fourth-order valence-corrected chi connectivity index (χ4v) is 1.88. The summed E-state index contributed by atoms with van der Waals surface area (Å²) in [5, 5.41) is 0. The molecule has 0 aliphatic rings. The van der Waals surface area contributed by atoms with E-state index in [0.29, 0.717) is 25.5 Å². The molecule has 1 atom stereocenters. The number of hydrogen-bond acceptors (Lipinski definition) is 4. The Kier molecular flexibility index (Phi) is 8.39. The average molecular weight is 272 g/mol. The summed E-state index contributed by atoms with van der Waals surface area (Å²) >= 11 is 0. The molecule has 0 aromatic carbocycles. The van der Waals surface area contributed by atoms with Crippen LogP contribution in [0.1, 0.15) is 41.0 Å². The molecule has 0 saturated heterocycles. The molecule has 5 heteroatoms. The highest BCUT2D eigenvalue weighted by Gasteiger charge is 2.24. The van der Waals surface area contributed by atoms with Gasteiger partial charge in [-0.15, -0.1) is 0 Å². The number of carbonyl (C=O) groups excluding carboxylic acids is 2. The Balaban J connectivity index is 4.63. The summed E-state index contributed by atoms with van der Waals surface area (Å²) in [7, 11) is 0. The smallest absolute Gasteiger partial charge is 0.325 e. The molecule has 0 saturated carbocycles. The van der Waals surface area contributed by atoms with E-state index in [2.05, 4.69) is 0 Å². The number of nitrogens with two attached hydrogens (primary N) is 1. The van der Waals surface area contributed by atoms with Gasteiger partial charge >= 0.3 is 5.97 Å². The molecular weight excluding hydrogens is 244 g/mol. The Labute approximate surface area is 116 Å². The Morgan fingerprint density at radius 3 is 2.16 bits per heavy atom. The van der Waals surface area contributed by atoms with E-state index in [-0.39, 0.29) is 24.3 Å². The Bertz CT molecular complexity index is 290. The predicted molar refractivity (Wildman–Crippen MR) is 75.5 cm³/mol. The van der Waals surface area contributed by atoms with Crippen LogP contribution in [0.2, 0.25) is 0 Å². The zero-order chi connectivity index (χ0) is 15.0. The normalized spacial score (nSPS) is 12.6. The van der Waals surface area contributed by atoms with E-state index in [1.165, 1.54) is 4.90 Å². The SMILES string of the molecule is CCOC(=O)CN(CC(C)C)C(=O)C(N)CC(C)C. The standard InChI is InChI=1S/C14H28N2O3/c1-6-19-13(17)9-16(8-11(4)5)14(18)12(15)7-10(2)3/h10-12H,6-9,15H2,1-5H3. The van der Waals surface area contributed by atoms with Crippen molar-refractivity contribution >= 4 is 11.9 Å². The Morgan fingerprint density at radius 1 is 1.16 bits per heavy atom. The van der Waals surface area contributed by atoms with Crippen molar-refractivity contribution in [2.45, 2.75) is 47.1 Å². The molecule has 2 N–H and O–H groups in total. The molecule has 5 nitrogen and oxygen atoms in total. The largest absolute Gasteiger partial charge is 0.465 e. The molecular formula is C14H28N2O3. The van der Waals surface area contributed by atoms with Crippen molar-refractivity contribution < 1.29 is 14.3 Å². The maximum Gasteiger partial charge on any atom is 0.325 e. The molecule has 0 aliphatic heterocycles. The first-order valence-corrected chi connectivity index (χ1v) is 6.97. The first kappa shape index (κ1) is 17.9. The van der Waals surface area contributed by atoms with Crippen molar-refractivity contribution in [3.63, 3.8) is 0 Å². The van der Waals surface area contributed by atoms with Crippen LogP contribution in [0.3, 0.4) is 0 Å². The van der Waals surface area contributed by atoms with Crippen LogP contribution >= 0.6 is 0 Å².